The molecule has 1 aliphatic heterocycles. The van der Waals surface area contributed by atoms with Gasteiger partial charge in [0.25, 0.3) is 0 Å². The van der Waals surface area contributed by atoms with E-state index in [-0.39, 0.29) is 26.2 Å². The van der Waals surface area contributed by atoms with E-state index in [9.17, 15) is 32.3 Å². The molecule has 14 heteroatoms. The Morgan fingerprint density at radius 3 is 2.26 bits per heavy atom. The number of rotatable bonds is 6. The molecule has 1 aliphatic rings. The zero-order chi connectivity index (χ0) is 27.8. The molecule has 1 N–H and O–H groups in total. The molecule has 9 nitrogen and oxygen atoms in total. The summed E-state index contributed by atoms with van der Waals surface area (Å²) in [7, 11) is 0. The van der Waals surface area contributed by atoms with Crippen LogP contribution in [0.4, 0.5) is 33.6 Å². The van der Waals surface area contributed by atoms with Gasteiger partial charge in [-0.3, -0.25) is 4.79 Å². The number of anilines is 2. The van der Waals surface area contributed by atoms with Crippen molar-refractivity contribution in [3.8, 4) is 11.4 Å². The summed E-state index contributed by atoms with van der Waals surface area (Å²) in [6.07, 6.45) is 3.80. The molecule has 1 saturated heterocycles. The number of carboxylic acid groups (broad SMARTS) is 1. The highest BCUT2D eigenvalue weighted by Gasteiger charge is 2.30. The van der Waals surface area contributed by atoms with Gasteiger partial charge in [0.1, 0.15) is 28.4 Å². The minimum Gasteiger partial charge on any atom is -0.477 e. The first kappa shape index (κ1) is 25.9. The molecule has 0 saturated carbocycles. The topological polar surface area (TPSA) is 101 Å². The Hall–Kier alpha value is -4.75. The third-order valence-electron chi connectivity index (χ3n) is 6.21. The highest BCUT2D eigenvalue weighted by Crippen LogP contribution is 2.41. The Morgan fingerprint density at radius 1 is 0.974 bits per heavy atom. The molecule has 0 aliphatic carbocycles. The van der Waals surface area contributed by atoms with Crippen molar-refractivity contribution in [3.63, 3.8) is 0 Å². The van der Waals surface area contributed by atoms with E-state index in [2.05, 4.69) is 9.97 Å². The van der Waals surface area contributed by atoms with E-state index in [1.807, 2.05) is 0 Å². The zero-order valence-electron chi connectivity index (χ0n) is 19.8. The maximum atomic E-state index is 15.6. The number of carbonyl (C=O) groups is 1. The van der Waals surface area contributed by atoms with Gasteiger partial charge in [-0.25, -0.2) is 27.9 Å². The van der Waals surface area contributed by atoms with Crippen LogP contribution in [0.2, 0.25) is 0 Å². The molecule has 202 valence electrons. The SMILES string of the molecule is O=C(O)c1cn(-c2ccc(F)cc2F)c2c(OC(F)F)c(N3CCN(c4ncccn4)CC3)c(F)cc2c1=O. The third kappa shape index (κ3) is 4.80. The second-order valence-electron chi connectivity index (χ2n) is 8.48. The fourth-order valence-corrected chi connectivity index (χ4v) is 4.51. The van der Waals surface area contributed by atoms with Crippen molar-refractivity contribution in [2.24, 2.45) is 0 Å². The number of hydrogen-bond acceptors (Lipinski definition) is 7. The van der Waals surface area contributed by atoms with Gasteiger partial charge in [0.15, 0.2) is 11.6 Å². The minimum absolute atomic E-state index is 0.0998. The molecule has 0 amide bonds. The summed E-state index contributed by atoms with van der Waals surface area (Å²) in [6.45, 7) is -2.75. The van der Waals surface area contributed by atoms with E-state index in [4.69, 9.17) is 4.74 Å². The standard InChI is InChI=1S/C25H18F5N5O4/c26-13-2-3-18(16(27)10-13)35-12-15(23(37)38)21(36)14-11-17(28)20(22(19(14)35)39-24(29)30)33-6-8-34(9-7-33)25-31-4-1-5-32-25/h1-5,10-12,24H,6-9H2,(H,37,38). The van der Waals surface area contributed by atoms with E-state index in [0.29, 0.717) is 24.3 Å². The number of hydrogen-bond donors (Lipinski definition) is 1. The highest BCUT2D eigenvalue weighted by atomic mass is 19.3. The molecule has 1 fully saturated rings. The summed E-state index contributed by atoms with van der Waals surface area (Å²) in [4.78, 5) is 36.3. The van der Waals surface area contributed by atoms with Gasteiger partial charge in [0.2, 0.25) is 11.4 Å². The van der Waals surface area contributed by atoms with E-state index in [1.54, 1.807) is 23.4 Å². The molecule has 4 aromatic rings. The van der Waals surface area contributed by atoms with Gasteiger partial charge in [0.05, 0.1) is 11.1 Å². The van der Waals surface area contributed by atoms with E-state index in [0.717, 1.165) is 16.7 Å². The summed E-state index contributed by atoms with van der Waals surface area (Å²) in [5.41, 5.74) is -3.52. The van der Waals surface area contributed by atoms with Crippen molar-refractivity contribution < 1.29 is 36.6 Å². The molecule has 0 spiro atoms. The molecular weight excluding hydrogens is 529 g/mol. The number of aromatic nitrogens is 3. The summed E-state index contributed by atoms with van der Waals surface area (Å²) < 4.78 is 77.0. The molecule has 0 atom stereocenters. The van der Waals surface area contributed by atoms with E-state index in [1.165, 1.54) is 4.90 Å². The van der Waals surface area contributed by atoms with Crippen LogP contribution in [-0.4, -0.2) is 58.4 Å². The Bertz CT molecular complexity index is 1630. The zero-order valence-corrected chi connectivity index (χ0v) is 19.8. The molecular formula is C25H18F5N5O4. The first-order valence-electron chi connectivity index (χ1n) is 11.5. The smallest absolute Gasteiger partial charge is 0.387 e. The molecule has 0 radical (unpaired) electrons. The number of fused-ring (bicyclic) bond motifs is 1. The summed E-state index contributed by atoms with van der Waals surface area (Å²) in [5, 5.41) is 8.89. The lowest BCUT2D eigenvalue weighted by Gasteiger charge is -2.37. The van der Waals surface area contributed by atoms with Gasteiger partial charge in [0, 0.05) is 50.8 Å². The van der Waals surface area contributed by atoms with Gasteiger partial charge in [-0.15, -0.1) is 0 Å². The second-order valence-corrected chi connectivity index (χ2v) is 8.48. The van der Waals surface area contributed by atoms with Crippen LogP contribution in [0.5, 0.6) is 5.75 Å². The quantitative estimate of drug-likeness (QED) is 0.364. The average molecular weight is 547 g/mol. The number of aromatic carboxylic acids is 1. The van der Waals surface area contributed by atoms with Crippen LogP contribution in [0.1, 0.15) is 10.4 Å². The van der Waals surface area contributed by atoms with Crippen molar-refractivity contribution in [1.29, 1.82) is 0 Å². The number of pyridine rings is 1. The fraction of sp³-hybridized carbons (Fsp3) is 0.200. The van der Waals surface area contributed by atoms with Gasteiger partial charge in [-0.1, -0.05) is 0 Å². The number of piperazine rings is 1. The predicted molar refractivity (Wildman–Crippen MR) is 129 cm³/mol. The number of ether oxygens (including phenoxy) is 1. The lowest BCUT2D eigenvalue weighted by atomic mass is 10.1. The van der Waals surface area contributed by atoms with Crippen LogP contribution in [-0.2, 0) is 0 Å². The van der Waals surface area contributed by atoms with Crippen LogP contribution in [0.3, 0.4) is 0 Å². The lowest BCUT2D eigenvalue weighted by Crippen LogP contribution is -2.47. The van der Waals surface area contributed by atoms with Crippen molar-refractivity contribution in [3.05, 3.63) is 82.2 Å². The van der Waals surface area contributed by atoms with Crippen LogP contribution >= 0.6 is 0 Å². The maximum Gasteiger partial charge on any atom is 0.387 e. The number of halogens is 5. The molecule has 5 rings (SSSR count). The van der Waals surface area contributed by atoms with Gasteiger partial charge >= 0.3 is 12.6 Å². The Morgan fingerprint density at radius 2 is 1.64 bits per heavy atom. The van der Waals surface area contributed by atoms with Gasteiger partial charge in [-0.2, -0.15) is 8.78 Å². The highest BCUT2D eigenvalue weighted by molar-refractivity contribution is 5.98. The van der Waals surface area contributed by atoms with Crippen molar-refractivity contribution >= 4 is 28.5 Å². The van der Waals surface area contributed by atoms with Gasteiger partial charge in [-0.05, 0) is 24.3 Å². The Balaban J connectivity index is 1.73. The molecule has 0 unspecified atom stereocenters. The predicted octanol–water partition coefficient (Wildman–Crippen LogP) is 3.82. The molecule has 0 bridgehead atoms. The second kappa shape index (κ2) is 10.2. The maximum absolute atomic E-state index is 15.6. The van der Waals surface area contributed by atoms with Crippen LogP contribution in [0.25, 0.3) is 16.6 Å². The summed E-state index contributed by atoms with van der Waals surface area (Å²) >= 11 is 0. The number of alkyl halides is 2. The van der Waals surface area contributed by atoms with E-state index < -0.39 is 69.1 Å². The number of benzene rings is 2. The van der Waals surface area contributed by atoms with E-state index >= 15 is 4.39 Å². The monoisotopic (exact) mass is 547 g/mol. The van der Waals surface area contributed by atoms with Gasteiger partial charge < -0.3 is 24.2 Å². The number of nitrogens with zero attached hydrogens (tertiary/aromatic N) is 5. The van der Waals surface area contributed by atoms with Crippen molar-refractivity contribution in [2.45, 2.75) is 6.61 Å². The van der Waals surface area contributed by atoms with Crippen LogP contribution in [0, 0.1) is 17.5 Å². The Kier molecular flexibility index (Phi) is 6.76. The molecule has 3 heterocycles. The lowest BCUT2D eigenvalue weighted by molar-refractivity contribution is -0.0488. The third-order valence-corrected chi connectivity index (χ3v) is 6.21. The molecule has 2 aromatic heterocycles. The summed E-state index contributed by atoms with van der Waals surface area (Å²) in [6, 6.07) is 4.60. The normalized spacial score (nSPS) is 13.8. The summed E-state index contributed by atoms with van der Waals surface area (Å²) in [5.74, 6) is -5.39. The fourth-order valence-electron chi connectivity index (χ4n) is 4.51. The first-order chi connectivity index (χ1) is 18.7. The van der Waals surface area contributed by atoms with Crippen LogP contribution < -0.4 is 20.0 Å². The minimum atomic E-state index is -3.49. The van der Waals surface area contributed by atoms with Crippen LogP contribution in [0.15, 0.2) is 53.7 Å². The number of carboxylic acids is 1. The molecule has 2 aromatic carbocycles. The van der Waals surface area contributed by atoms with Crippen molar-refractivity contribution in [2.75, 3.05) is 36.0 Å². The Labute approximate surface area is 216 Å². The van der Waals surface area contributed by atoms with Crippen molar-refractivity contribution in [1.82, 2.24) is 14.5 Å². The molecule has 39 heavy (non-hydrogen) atoms. The first-order valence-corrected chi connectivity index (χ1v) is 11.5. The average Bonchev–Trinajstić information content (AvgIpc) is 2.90. The largest absolute Gasteiger partial charge is 0.477 e.